The summed E-state index contributed by atoms with van der Waals surface area (Å²) < 4.78 is 40.2. The second kappa shape index (κ2) is 4.91. The van der Waals surface area contributed by atoms with Gasteiger partial charge in [-0.3, -0.25) is 4.79 Å². The van der Waals surface area contributed by atoms with Crippen molar-refractivity contribution in [2.75, 3.05) is 19.6 Å². The Balaban J connectivity index is 1.93. The van der Waals surface area contributed by atoms with Crippen molar-refractivity contribution in [3.05, 3.63) is 29.1 Å². The Kier molecular flexibility index (Phi) is 3.32. The minimum absolute atomic E-state index is 0.118. The molecule has 2 saturated heterocycles. The van der Waals surface area contributed by atoms with E-state index in [1.54, 1.807) is 0 Å². The molecule has 2 fully saturated rings. The summed E-state index contributed by atoms with van der Waals surface area (Å²) in [4.78, 5) is 13.9. The van der Waals surface area contributed by atoms with Gasteiger partial charge in [0.1, 0.15) is 0 Å². The highest BCUT2D eigenvalue weighted by molar-refractivity contribution is 5.95. The molecule has 21 heavy (non-hydrogen) atoms. The lowest BCUT2D eigenvalue weighted by atomic mass is 9.95. The van der Waals surface area contributed by atoms with Gasteiger partial charge in [-0.05, 0) is 24.8 Å². The Morgan fingerprint density at radius 2 is 2.05 bits per heavy atom. The zero-order valence-corrected chi connectivity index (χ0v) is 11.4. The molecular weight excluding hydrogens is 285 g/mol. The van der Waals surface area contributed by atoms with Crippen molar-refractivity contribution >= 4 is 5.91 Å². The lowest BCUT2D eigenvalue weighted by molar-refractivity contribution is 0.0722. The zero-order valence-electron chi connectivity index (χ0n) is 11.4. The molecule has 0 aliphatic carbocycles. The van der Waals surface area contributed by atoms with E-state index in [1.165, 1.54) is 4.90 Å². The summed E-state index contributed by atoms with van der Waals surface area (Å²) in [5.41, 5.74) is -0.633. The predicted molar refractivity (Wildman–Crippen MR) is 68.3 cm³/mol. The van der Waals surface area contributed by atoms with Gasteiger partial charge in [0.25, 0.3) is 5.91 Å². The monoisotopic (exact) mass is 300 g/mol. The van der Waals surface area contributed by atoms with Crippen LogP contribution in [0.3, 0.4) is 0 Å². The van der Waals surface area contributed by atoms with Gasteiger partial charge in [0.05, 0.1) is 5.56 Å². The Morgan fingerprint density at radius 3 is 2.71 bits per heavy atom. The van der Waals surface area contributed by atoms with E-state index >= 15 is 0 Å². The van der Waals surface area contributed by atoms with Crippen LogP contribution in [0.5, 0.6) is 5.75 Å². The summed E-state index contributed by atoms with van der Waals surface area (Å²) in [5.74, 6) is -6.15. The third-order valence-electron chi connectivity index (χ3n) is 4.56. The van der Waals surface area contributed by atoms with E-state index in [2.05, 4.69) is 5.32 Å². The van der Waals surface area contributed by atoms with Crippen molar-refractivity contribution in [3.63, 3.8) is 0 Å². The zero-order chi connectivity index (χ0) is 15.3. The summed E-state index contributed by atoms with van der Waals surface area (Å²) in [6, 6.07) is 0.387. The fourth-order valence-corrected chi connectivity index (χ4v) is 3.34. The standard InChI is InChI=1S/C14H15F3N2O2/c1-6-9-4-18-3-7(9)5-19(6)14(21)8-2-10(15)12(17)13(20)11(8)16/h2,6-7,9,18,20H,3-5H2,1H3. The number of phenolic OH excluding ortho intramolecular Hbond substituents is 1. The molecule has 0 saturated carbocycles. The Bertz CT molecular complexity index is 608. The maximum Gasteiger partial charge on any atom is 0.257 e. The molecule has 7 heteroatoms. The molecule has 1 aromatic rings. The number of halogens is 3. The normalized spacial score (nSPS) is 28.0. The lowest BCUT2D eigenvalue weighted by Gasteiger charge is -2.25. The largest absolute Gasteiger partial charge is 0.503 e. The smallest absolute Gasteiger partial charge is 0.257 e. The number of phenols is 1. The Hall–Kier alpha value is -1.76. The van der Waals surface area contributed by atoms with Gasteiger partial charge < -0.3 is 15.3 Å². The first-order valence-electron chi connectivity index (χ1n) is 6.80. The van der Waals surface area contributed by atoms with Gasteiger partial charge in [-0.15, -0.1) is 0 Å². The fraction of sp³-hybridized carbons (Fsp3) is 0.500. The first-order valence-corrected chi connectivity index (χ1v) is 6.80. The molecule has 0 radical (unpaired) electrons. The predicted octanol–water partition coefficient (Wildman–Crippen LogP) is 1.49. The Morgan fingerprint density at radius 1 is 1.33 bits per heavy atom. The molecule has 3 atom stereocenters. The molecule has 1 amide bonds. The highest BCUT2D eigenvalue weighted by Crippen LogP contribution is 2.34. The second-order valence-electron chi connectivity index (χ2n) is 5.66. The third-order valence-corrected chi connectivity index (χ3v) is 4.56. The maximum absolute atomic E-state index is 13.8. The number of likely N-dealkylation sites (tertiary alicyclic amines) is 1. The minimum Gasteiger partial charge on any atom is -0.503 e. The van der Waals surface area contributed by atoms with Crippen LogP contribution in [0.4, 0.5) is 13.2 Å². The van der Waals surface area contributed by atoms with Gasteiger partial charge in [0.15, 0.2) is 17.4 Å². The number of hydrogen-bond donors (Lipinski definition) is 2. The van der Waals surface area contributed by atoms with E-state index in [0.29, 0.717) is 12.6 Å². The number of amides is 1. The second-order valence-corrected chi connectivity index (χ2v) is 5.66. The molecule has 2 aliphatic rings. The highest BCUT2D eigenvalue weighted by Gasteiger charge is 2.44. The van der Waals surface area contributed by atoms with Crippen LogP contribution in [0, 0.1) is 29.3 Å². The highest BCUT2D eigenvalue weighted by atomic mass is 19.2. The van der Waals surface area contributed by atoms with Gasteiger partial charge in [0, 0.05) is 25.7 Å². The molecular formula is C14H15F3N2O2. The molecule has 2 heterocycles. The SMILES string of the molecule is CC1C2CNCC2CN1C(=O)c1cc(F)c(F)c(O)c1F. The number of rotatable bonds is 1. The van der Waals surface area contributed by atoms with E-state index in [-0.39, 0.29) is 17.9 Å². The van der Waals surface area contributed by atoms with E-state index in [9.17, 15) is 23.1 Å². The van der Waals surface area contributed by atoms with Crippen LogP contribution in [-0.4, -0.2) is 41.6 Å². The van der Waals surface area contributed by atoms with Crippen LogP contribution in [0.1, 0.15) is 17.3 Å². The molecule has 2 aliphatic heterocycles. The lowest BCUT2D eigenvalue weighted by Crippen LogP contribution is -2.38. The first-order chi connectivity index (χ1) is 9.91. The maximum atomic E-state index is 13.8. The van der Waals surface area contributed by atoms with Crippen LogP contribution < -0.4 is 5.32 Å². The number of nitrogens with one attached hydrogen (secondary N) is 1. The van der Waals surface area contributed by atoms with Gasteiger partial charge in [-0.25, -0.2) is 8.78 Å². The number of aromatic hydroxyl groups is 1. The van der Waals surface area contributed by atoms with Crippen molar-refractivity contribution in [1.82, 2.24) is 10.2 Å². The molecule has 4 nitrogen and oxygen atoms in total. The summed E-state index contributed by atoms with van der Waals surface area (Å²) in [7, 11) is 0. The van der Waals surface area contributed by atoms with Gasteiger partial charge in [-0.1, -0.05) is 0 Å². The molecule has 114 valence electrons. The van der Waals surface area contributed by atoms with Crippen LogP contribution in [0.25, 0.3) is 0 Å². The quantitative estimate of drug-likeness (QED) is 0.773. The van der Waals surface area contributed by atoms with Gasteiger partial charge >= 0.3 is 0 Å². The van der Waals surface area contributed by atoms with Gasteiger partial charge in [0.2, 0.25) is 5.82 Å². The first kappa shape index (κ1) is 14.2. The number of benzene rings is 1. The number of carbonyl (C=O) groups is 1. The van der Waals surface area contributed by atoms with Crippen molar-refractivity contribution in [3.8, 4) is 5.75 Å². The van der Waals surface area contributed by atoms with E-state index in [0.717, 1.165) is 13.1 Å². The van der Waals surface area contributed by atoms with E-state index in [4.69, 9.17) is 0 Å². The summed E-state index contributed by atoms with van der Waals surface area (Å²) in [6.07, 6.45) is 0. The number of nitrogens with zero attached hydrogens (tertiary/aromatic N) is 1. The summed E-state index contributed by atoms with van der Waals surface area (Å²) >= 11 is 0. The molecule has 3 rings (SSSR count). The van der Waals surface area contributed by atoms with E-state index < -0.39 is 34.7 Å². The molecule has 1 aromatic carbocycles. The van der Waals surface area contributed by atoms with Crippen LogP contribution in [0.15, 0.2) is 6.07 Å². The van der Waals surface area contributed by atoms with Crippen LogP contribution >= 0.6 is 0 Å². The minimum atomic E-state index is -1.68. The molecule has 0 aromatic heterocycles. The molecule has 3 unspecified atom stereocenters. The topological polar surface area (TPSA) is 52.6 Å². The van der Waals surface area contributed by atoms with Crippen molar-refractivity contribution in [2.24, 2.45) is 11.8 Å². The number of hydrogen-bond acceptors (Lipinski definition) is 3. The van der Waals surface area contributed by atoms with Crippen LogP contribution in [-0.2, 0) is 0 Å². The molecule has 0 bridgehead atoms. The summed E-state index contributed by atoms with van der Waals surface area (Å²) in [6.45, 7) is 3.86. The van der Waals surface area contributed by atoms with Crippen molar-refractivity contribution in [2.45, 2.75) is 13.0 Å². The van der Waals surface area contributed by atoms with E-state index in [1.807, 2.05) is 6.92 Å². The average Bonchev–Trinajstić information content (AvgIpc) is 3.03. The van der Waals surface area contributed by atoms with Crippen molar-refractivity contribution in [1.29, 1.82) is 0 Å². The van der Waals surface area contributed by atoms with Crippen molar-refractivity contribution < 1.29 is 23.1 Å². The fourth-order valence-electron chi connectivity index (χ4n) is 3.34. The molecule has 0 spiro atoms. The number of carbonyl (C=O) groups excluding carboxylic acids is 1. The van der Waals surface area contributed by atoms with Crippen LogP contribution in [0.2, 0.25) is 0 Å². The Labute approximate surface area is 119 Å². The summed E-state index contributed by atoms with van der Waals surface area (Å²) in [5, 5.41) is 12.4. The number of fused-ring (bicyclic) bond motifs is 1. The van der Waals surface area contributed by atoms with Gasteiger partial charge in [-0.2, -0.15) is 4.39 Å². The average molecular weight is 300 g/mol. The molecule has 2 N–H and O–H groups in total. The third kappa shape index (κ3) is 2.07.